The maximum absolute atomic E-state index is 12.0. The molecule has 0 saturated carbocycles. The molecule has 1 atom stereocenters. The predicted molar refractivity (Wildman–Crippen MR) is 86.7 cm³/mol. The van der Waals surface area contributed by atoms with E-state index in [1.807, 2.05) is 37.4 Å². The van der Waals surface area contributed by atoms with Crippen molar-refractivity contribution < 1.29 is 14.3 Å². The lowest BCUT2D eigenvalue weighted by Gasteiger charge is -2.14. The number of rotatable bonds is 5. The van der Waals surface area contributed by atoms with Crippen LogP contribution in [0.25, 0.3) is 0 Å². The van der Waals surface area contributed by atoms with Crippen molar-refractivity contribution in [3.63, 3.8) is 0 Å². The number of hydrogen-bond acceptors (Lipinski definition) is 6. The molecule has 2 aromatic rings. The van der Waals surface area contributed by atoms with Crippen LogP contribution in [0.1, 0.15) is 24.2 Å². The van der Waals surface area contributed by atoms with E-state index in [-0.39, 0.29) is 18.7 Å². The van der Waals surface area contributed by atoms with Crippen molar-refractivity contribution in [1.82, 2.24) is 10.3 Å². The maximum atomic E-state index is 12.0. The highest BCUT2D eigenvalue weighted by Gasteiger charge is 2.17. The molecule has 1 aliphatic rings. The second kappa shape index (κ2) is 6.58. The van der Waals surface area contributed by atoms with Gasteiger partial charge in [0.15, 0.2) is 15.8 Å². The van der Waals surface area contributed by atoms with Gasteiger partial charge in [-0.05, 0) is 31.5 Å². The fourth-order valence-corrected chi connectivity index (χ4v) is 3.74. The third-order valence-corrected chi connectivity index (χ3v) is 5.34. The summed E-state index contributed by atoms with van der Waals surface area (Å²) >= 11 is 3.02. The van der Waals surface area contributed by atoms with E-state index >= 15 is 0 Å². The van der Waals surface area contributed by atoms with E-state index in [9.17, 15) is 4.79 Å². The first kappa shape index (κ1) is 15.2. The van der Waals surface area contributed by atoms with E-state index in [0.717, 1.165) is 27.1 Å². The van der Waals surface area contributed by atoms with Crippen LogP contribution >= 0.6 is 23.1 Å². The first-order chi connectivity index (χ1) is 10.6. The van der Waals surface area contributed by atoms with Crippen LogP contribution in [0.4, 0.5) is 0 Å². The number of thioether (sulfide) groups is 1. The van der Waals surface area contributed by atoms with Crippen LogP contribution in [-0.4, -0.2) is 23.4 Å². The Balaban J connectivity index is 1.54. The number of amides is 1. The van der Waals surface area contributed by atoms with Gasteiger partial charge < -0.3 is 14.8 Å². The Morgan fingerprint density at radius 3 is 3.05 bits per heavy atom. The third kappa shape index (κ3) is 3.53. The molecule has 1 aromatic carbocycles. The minimum atomic E-state index is -0.0827. The summed E-state index contributed by atoms with van der Waals surface area (Å²) in [5.41, 5.74) is 1.98. The number of carbonyl (C=O) groups is 1. The molecule has 0 unspecified atom stereocenters. The van der Waals surface area contributed by atoms with Crippen LogP contribution in [0, 0.1) is 6.92 Å². The minimum absolute atomic E-state index is 0.0111. The van der Waals surface area contributed by atoms with Gasteiger partial charge in [-0.15, -0.1) is 11.3 Å². The molecular weight excluding hydrogens is 320 g/mol. The molecule has 1 aromatic heterocycles. The van der Waals surface area contributed by atoms with Gasteiger partial charge in [-0.1, -0.05) is 17.8 Å². The van der Waals surface area contributed by atoms with Gasteiger partial charge in [0.2, 0.25) is 12.7 Å². The molecule has 0 bridgehead atoms. The van der Waals surface area contributed by atoms with Crippen molar-refractivity contribution in [2.45, 2.75) is 24.2 Å². The Kier molecular flexibility index (Phi) is 4.54. The lowest BCUT2D eigenvalue weighted by Crippen LogP contribution is -2.28. The van der Waals surface area contributed by atoms with Gasteiger partial charge in [-0.25, -0.2) is 4.98 Å². The predicted octanol–water partition coefficient (Wildman–Crippen LogP) is 3.15. The summed E-state index contributed by atoms with van der Waals surface area (Å²) in [6.45, 7) is 4.15. The van der Waals surface area contributed by atoms with E-state index in [0.29, 0.717) is 5.75 Å². The summed E-state index contributed by atoms with van der Waals surface area (Å²) < 4.78 is 11.6. The van der Waals surface area contributed by atoms with Crippen molar-refractivity contribution >= 4 is 29.0 Å². The first-order valence-electron chi connectivity index (χ1n) is 6.85. The van der Waals surface area contributed by atoms with E-state index in [1.165, 1.54) is 11.8 Å². The van der Waals surface area contributed by atoms with Crippen LogP contribution in [0.3, 0.4) is 0 Å². The summed E-state index contributed by atoms with van der Waals surface area (Å²) in [5, 5.41) is 4.97. The third-order valence-electron chi connectivity index (χ3n) is 3.20. The number of hydrogen-bond donors (Lipinski definition) is 1. The van der Waals surface area contributed by atoms with Crippen molar-refractivity contribution in [3.8, 4) is 11.5 Å². The van der Waals surface area contributed by atoms with Crippen molar-refractivity contribution in [3.05, 3.63) is 34.8 Å². The number of ether oxygens (including phenoxy) is 2. The van der Waals surface area contributed by atoms with Gasteiger partial charge in [0.05, 0.1) is 11.8 Å². The summed E-state index contributed by atoms with van der Waals surface area (Å²) in [5.74, 6) is 1.83. The molecular formula is C15H16N2O3S2. The highest BCUT2D eigenvalue weighted by Crippen LogP contribution is 2.34. The zero-order chi connectivity index (χ0) is 15.5. The number of nitrogens with zero attached hydrogens (tertiary/aromatic N) is 1. The maximum Gasteiger partial charge on any atom is 0.231 e. The lowest BCUT2D eigenvalue weighted by atomic mass is 10.1. The summed E-state index contributed by atoms with van der Waals surface area (Å²) in [7, 11) is 0. The number of benzene rings is 1. The Morgan fingerprint density at radius 2 is 2.27 bits per heavy atom. The SMILES string of the molecule is Cc1csc(SCC(=O)N[C@@H](C)c2ccc3c(c2)OCO3)n1. The normalized spacial score (nSPS) is 13.9. The Labute approximate surface area is 137 Å². The molecule has 1 aliphatic heterocycles. The minimum Gasteiger partial charge on any atom is -0.454 e. The van der Waals surface area contributed by atoms with E-state index in [2.05, 4.69) is 10.3 Å². The monoisotopic (exact) mass is 336 g/mol. The molecule has 22 heavy (non-hydrogen) atoms. The quantitative estimate of drug-likeness (QED) is 0.850. The molecule has 5 nitrogen and oxygen atoms in total. The van der Waals surface area contributed by atoms with E-state index in [4.69, 9.17) is 9.47 Å². The number of thiazole rings is 1. The molecule has 1 amide bonds. The molecule has 0 aliphatic carbocycles. The summed E-state index contributed by atoms with van der Waals surface area (Å²) in [4.78, 5) is 16.4. The van der Waals surface area contributed by atoms with Crippen LogP contribution in [-0.2, 0) is 4.79 Å². The zero-order valence-corrected chi connectivity index (χ0v) is 13.9. The van der Waals surface area contributed by atoms with E-state index in [1.54, 1.807) is 11.3 Å². The van der Waals surface area contributed by atoms with E-state index < -0.39 is 0 Å². The number of nitrogens with one attached hydrogen (secondary N) is 1. The van der Waals surface area contributed by atoms with Crippen molar-refractivity contribution in [2.75, 3.05) is 12.5 Å². The van der Waals surface area contributed by atoms with Crippen LogP contribution < -0.4 is 14.8 Å². The van der Waals surface area contributed by atoms with Gasteiger partial charge in [0.25, 0.3) is 0 Å². The molecule has 0 saturated heterocycles. The van der Waals surface area contributed by atoms with Gasteiger partial charge in [-0.3, -0.25) is 4.79 Å². The second-order valence-corrected chi connectivity index (χ2v) is 7.03. The molecule has 7 heteroatoms. The highest BCUT2D eigenvalue weighted by atomic mass is 32.2. The van der Waals surface area contributed by atoms with Crippen molar-refractivity contribution in [1.29, 1.82) is 0 Å². The first-order valence-corrected chi connectivity index (χ1v) is 8.72. The number of carbonyl (C=O) groups excluding carboxylic acids is 1. The molecule has 0 fully saturated rings. The van der Waals surface area contributed by atoms with Gasteiger partial charge in [0.1, 0.15) is 0 Å². The lowest BCUT2D eigenvalue weighted by molar-refractivity contribution is -0.119. The standard InChI is InChI=1S/C15H16N2O3S2/c1-9-6-21-15(16-9)22-7-14(18)17-10(2)11-3-4-12-13(5-11)20-8-19-12/h3-6,10H,7-8H2,1-2H3,(H,17,18)/t10-/m0/s1. The summed E-state index contributed by atoms with van der Waals surface area (Å²) in [6, 6.07) is 5.63. The molecule has 3 rings (SSSR count). The molecule has 1 N–H and O–H groups in total. The average Bonchev–Trinajstić information content (AvgIpc) is 3.12. The fourth-order valence-electron chi connectivity index (χ4n) is 2.07. The molecule has 0 spiro atoms. The van der Waals surface area contributed by atoms with Gasteiger partial charge in [-0.2, -0.15) is 0 Å². The second-order valence-electron chi connectivity index (χ2n) is 4.95. The Hall–Kier alpha value is -1.73. The smallest absolute Gasteiger partial charge is 0.231 e. The molecule has 116 valence electrons. The van der Waals surface area contributed by atoms with Crippen LogP contribution in [0.2, 0.25) is 0 Å². The van der Waals surface area contributed by atoms with Crippen molar-refractivity contribution in [2.24, 2.45) is 0 Å². The number of aryl methyl sites for hydroxylation is 1. The highest BCUT2D eigenvalue weighted by molar-refractivity contribution is 8.01. The van der Waals surface area contributed by atoms with Gasteiger partial charge in [0, 0.05) is 11.1 Å². The van der Waals surface area contributed by atoms with Gasteiger partial charge >= 0.3 is 0 Å². The Morgan fingerprint density at radius 1 is 1.45 bits per heavy atom. The molecule has 0 radical (unpaired) electrons. The topological polar surface area (TPSA) is 60.5 Å². The number of fused-ring (bicyclic) bond motifs is 1. The zero-order valence-electron chi connectivity index (χ0n) is 12.3. The molecule has 2 heterocycles. The Bertz CT molecular complexity index is 687. The summed E-state index contributed by atoms with van der Waals surface area (Å²) in [6.07, 6.45) is 0. The average molecular weight is 336 g/mol. The fraction of sp³-hybridized carbons (Fsp3) is 0.333. The number of aromatic nitrogens is 1. The van der Waals surface area contributed by atoms with Crippen LogP contribution in [0.5, 0.6) is 11.5 Å². The largest absolute Gasteiger partial charge is 0.454 e. The van der Waals surface area contributed by atoms with Crippen LogP contribution in [0.15, 0.2) is 27.9 Å².